The zero-order chi connectivity index (χ0) is 22.4. The van der Waals surface area contributed by atoms with Gasteiger partial charge in [-0.15, -0.1) is 5.10 Å². The van der Waals surface area contributed by atoms with Crippen LogP contribution in [-0.4, -0.2) is 39.6 Å². The van der Waals surface area contributed by atoms with Crippen molar-refractivity contribution in [3.05, 3.63) is 65.6 Å². The Labute approximate surface area is 183 Å². The summed E-state index contributed by atoms with van der Waals surface area (Å²) in [7, 11) is 3.15. The SMILES string of the molecule is COc1ccc(-c2nc3c4c(ncn3n2)OC(C)=C(C(C)=O)C4c2ccco2)cc1OC. The lowest BCUT2D eigenvalue weighted by atomic mass is 9.85. The minimum absolute atomic E-state index is 0.115. The number of nitrogens with zero attached hydrogens (tertiary/aromatic N) is 4. The number of hydrogen-bond donors (Lipinski definition) is 0. The van der Waals surface area contributed by atoms with Gasteiger partial charge in [0.05, 0.1) is 32.0 Å². The van der Waals surface area contributed by atoms with Crippen LogP contribution in [0.3, 0.4) is 0 Å². The standard InChI is InChI=1S/C23H20N4O5/c1-12(28)18-13(2)32-23-20(19(18)16-6-5-9-31-16)22-25-21(26-27(22)11-24-23)14-7-8-15(29-3)17(10-14)30-4/h5-11,19H,1-4H3. The van der Waals surface area contributed by atoms with E-state index in [1.807, 2.05) is 12.1 Å². The Hall–Kier alpha value is -4.14. The maximum Gasteiger partial charge on any atom is 0.228 e. The molecule has 0 fully saturated rings. The van der Waals surface area contributed by atoms with Crippen LogP contribution in [0.15, 0.2) is 58.7 Å². The first kappa shape index (κ1) is 19.8. The van der Waals surface area contributed by atoms with Gasteiger partial charge in [0.2, 0.25) is 5.88 Å². The molecule has 1 aliphatic rings. The zero-order valence-corrected chi connectivity index (χ0v) is 17.9. The van der Waals surface area contributed by atoms with Crippen LogP contribution in [0, 0.1) is 0 Å². The van der Waals surface area contributed by atoms with E-state index in [2.05, 4.69) is 10.1 Å². The monoisotopic (exact) mass is 432 g/mol. The van der Waals surface area contributed by atoms with Gasteiger partial charge in [0.15, 0.2) is 28.8 Å². The highest BCUT2D eigenvalue weighted by molar-refractivity contribution is 5.97. The van der Waals surface area contributed by atoms with Gasteiger partial charge in [-0.2, -0.15) is 0 Å². The fourth-order valence-electron chi connectivity index (χ4n) is 4.03. The van der Waals surface area contributed by atoms with E-state index in [-0.39, 0.29) is 5.78 Å². The molecule has 1 aromatic carbocycles. The van der Waals surface area contributed by atoms with Crippen LogP contribution < -0.4 is 14.2 Å². The summed E-state index contributed by atoms with van der Waals surface area (Å²) in [5, 5.41) is 4.59. The highest BCUT2D eigenvalue weighted by Crippen LogP contribution is 2.44. The number of hydrogen-bond acceptors (Lipinski definition) is 8. The van der Waals surface area contributed by atoms with E-state index >= 15 is 0 Å². The number of carbonyl (C=O) groups is 1. The number of ketones is 1. The van der Waals surface area contributed by atoms with Crippen LogP contribution in [0.1, 0.15) is 31.1 Å². The van der Waals surface area contributed by atoms with E-state index < -0.39 is 5.92 Å². The molecule has 0 spiro atoms. The average Bonchev–Trinajstić information content (AvgIpc) is 3.47. The molecule has 32 heavy (non-hydrogen) atoms. The van der Waals surface area contributed by atoms with Crippen LogP contribution in [-0.2, 0) is 4.79 Å². The minimum atomic E-state index is -0.509. The van der Waals surface area contributed by atoms with Gasteiger partial charge in [-0.05, 0) is 44.2 Å². The van der Waals surface area contributed by atoms with Crippen molar-refractivity contribution >= 4 is 11.4 Å². The molecule has 162 valence electrons. The quantitative estimate of drug-likeness (QED) is 0.470. The van der Waals surface area contributed by atoms with Crippen molar-refractivity contribution in [2.75, 3.05) is 14.2 Å². The van der Waals surface area contributed by atoms with Crippen LogP contribution in [0.25, 0.3) is 17.0 Å². The molecule has 1 atom stereocenters. The van der Waals surface area contributed by atoms with E-state index in [1.165, 1.54) is 13.3 Å². The van der Waals surface area contributed by atoms with Gasteiger partial charge in [0, 0.05) is 11.1 Å². The molecule has 0 aliphatic carbocycles. The number of Topliss-reactive ketones (excluding diaryl/α,β-unsaturated/α-hetero) is 1. The van der Waals surface area contributed by atoms with Crippen LogP contribution in [0.4, 0.5) is 0 Å². The molecule has 0 saturated heterocycles. The third-order valence-electron chi connectivity index (χ3n) is 5.44. The van der Waals surface area contributed by atoms with Crippen LogP contribution in [0.2, 0.25) is 0 Å². The Morgan fingerprint density at radius 1 is 1.16 bits per heavy atom. The second-order valence-electron chi connectivity index (χ2n) is 7.31. The molecule has 0 bridgehead atoms. The number of furan rings is 1. The first-order valence-corrected chi connectivity index (χ1v) is 9.92. The number of rotatable bonds is 5. The van der Waals surface area contributed by atoms with Gasteiger partial charge in [-0.1, -0.05) is 0 Å². The summed E-state index contributed by atoms with van der Waals surface area (Å²) in [6.07, 6.45) is 3.11. The topological polar surface area (TPSA) is 101 Å². The number of benzene rings is 1. The Bertz CT molecular complexity index is 1370. The number of allylic oxidation sites excluding steroid dienone is 2. The molecule has 0 amide bonds. The molecule has 0 N–H and O–H groups in total. The lowest BCUT2D eigenvalue weighted by Gasteiger charge is -2.26. The smallest absolute Gasteiger partial charge is 0.228 e. The van der Waals surface area contributed by atoms with Crippen molar-refractivity contribution in [2.24, 2.45) is 0 Å². The zero-order valence-electron chi connectivity index (χ0n) is 17.9. The summed E-state index contributed by atoms with van der Waals surface area (Å²) in [4.78, 5) is 21.7. The van der Waals surface area contributed by atoms with Gasteiger partial charge in [0.1, 0.15) is 17.8 Å². The van der Waals surface area contributed by atoms with E-state index in [0.717, 1.165) is 5.56 Å². The van der Waals surface area contributed by atoms with Crippen molar-refractivity contribution in [2.45, 2.75) is 19.8 Å². The van der Waals surface area contributed by atoms with Gasteiger partial charge in [-0.3, -0.25) is 4.79 Å². The van der Waals surface area contributed by atoms with Crippen molar-refractivity contribution in [1.29, 1.82) is 0 Å². The second-order valence-corrected chi connectivity index (χ2v) is 7.31. The predicted octanol–water partition coefficient (Wildman–Crippen LogP) is 3.79. The molecule has 3 aromatic heterocycles. The van der Waals surface area contributed by atoms with Crippen molar-refractivity contribution < 1.29 is 23.4 Å². The molecule has 4 heterocycles. The number of carbonyl (C=O) groups excluding carboxylic acids is 1. The summed E-state index contributed by atoms with van der Waals surface area (Å²) >= 11 is 0. The minimum Gasteiger partial charge on any atom is -0.493 e. The number of ether oxygens (including phenoxy) is 3. The van der Waals surface area contributed by atoms with Crippen LogP contribution in [0.5, 0.6) is 17.4 Å². The molecule has 9 heteroatoms. The van der Waals surface area contributed by atoms with Crippen molar-refractivity contribution in [3.63, 3.8) is 0 Å². The third-order valence-corrected chi connectivity index (χ3v) is 5.44. The maximum absolute atomic E-state index is 12.5. The first-order valence-electron chi connectivity index (χ1n) is 9.92. The number of aromatic nitrogens is 4. The Kier molecular flexibility index (Phi) is 4.66. The second kappa shape index (κ2) is 7.52. The number of methoxy groups -OCH3 is 2. The van der Waals surface area contributed by atoms with E-state index in [0.29, 0.717) is 51.5 Å². The van der Waals surface area contributed by atoms with Gasteiger partial charge in [-0.25, -0.2) is 14.5 Å². The van der Waals surface area contributed by atoms with Crippen molar-refractivity contribution in [3.8, 4) is 28.8 Å². The summed E-state index contributed by atoms with van der Waals surface area (Å²) in [6, 6.07) is 9.05. The van der Waals surface area contributed by atoms with Crippen molar-refractivity contribution in [1.82, 2.24) is 19.6 Å². The fourth-order valence-corrected chi connectivity index (χ4v) is 4.03. The van der Waals surface area contributed by atoms with E-state index in [4.69, 9.17) is 23.6 Å². The molecule has 1 aliphatic heterocycles. The highest BCUT2D eigenvalue weighted by atomic mass is 16.5. The average molecular weight is 432 g/mol. The summed E-state index contributed by atoms with van der Waals surface area (Å²) in [5.41, 5.74) is 2.38. The normalized spacial score (nSPS) is 15.4. The molecule has 5 rings (SSSR count). The maximum atomic E-state index is 12.5. The van der Waals surface area contributed by atoms with Crippen LogP contribution >= 0.6 is 0 Å². The number of fused-ring (bicyclic) bond motifs is 3. The summed E-state index contributed by atoms with van der Waals surface area (Å²) in [6.45, 7) is 3.26. The molecule has 4 aromatic rings. The summed E-state index contributed by atoms with van der Waals surface area (Å²) in [5.74, 6) is 2.48. The largest absolute Gasteiger partial charge is 0.493 e. The lowest BCUT2D eigenvalue weighted by Crippen LogP contribution is -2.21. The Balaban J connectivity index is 1.72. The Morgan fingerprint density at radius 2 is 1.97 bits per heavy atom. The van der Waals surface area contributed by atoms with E-state index in [9.17, 15) is 4.79 Å². The molecule has 1 unspecified atom stereocenters. The summed E-state index contributed by atoms with van der Waals surface area (Å²) < 4.78 is 23.9. The molecular weight excluding hydrogens is 412 g/mol. The molecule has 0 radical (unpaired) electrons. The third kappa shape index (κ3) is 3.01. The molecular formula is C23H20N4O5. The Morgan fingerprint density at radius 3 is 2.66 bits per heavy atom. The van der Waals surface area contributed by atoms with Gasteiger partial charge in [0.25, 0.3) is 0 Å². The fraction of sp³-hybridized carbons (Fsp3) is 0.217. The molecule has 9 nitrogen and oxygen atoms in total. The highest BCUT2D eigenvalue weighted by Gasteiger charge is 2.37. The first-order chi connectivity index (χ1) is 15.5. The lowest BCUT2D eigenvalue weighted by molar-refractivity contribution is -0.114. The predicted molar refractivity (Wildman–Crippen MR) is 114 cm³/mol. The van der Waals surface area contributed by atoms with E-state index in [1.54, 1.807) is 50.1 Å². The van der Waals surface area contributed by atoms with Gasteiger partial charge < -0.3 is 18.6 Å². The molecule has 0 saturated carbocycles. The van der Waals surface area contributed by atoms with Gasteiger partial charge >= 0.3 is 0 Å².